The summed E-state index contributed by atoms with van der Waals surface area (Å²) in [7, 11) is 0. The SMILES string of the molecule is Cc1nc(N)c(C)c(N2CCSC(C)C2)n1. The van der Waals surface area contributed by atoms with Crippen molar-refractivity contribution in [1.82, 2.24) is 9.97 Å². The Morgan fingerprint density at radius 3 is 2.81 bits per heavy atom. The normalized spacial score (nSPS) is 21.2. The van der Waals surface area contributed by atoms with Gasteiger partial charge >= 0.3 is 0 Å². The molecule has 4 nitrogen and oxygen atoms in total. The molecule has 1 aliphatic heterocycles. The number of anilines is 2. The Bertz CT molecular complexity index is 394. The highest BCUT2D eigenvalue weighted by atomic mass is 32.2. The van der Waals surface area contributed by atoms with Gasteiger partial charge in [0.05, 0.1) is 0 Å². The molecule has 16 heavy (non-hydrogen) atoms. The molecule has 0 spiro atoms. The van der Waals surface area contributed by atoms with Gasteiger partial charge < -0.3 is 10.6 Å². The van der Waals surface area contributed by atoms with Gasteiger partial charge in [0.25, 0.3) is 0 Å². The second-order valence-electron chi connectivity index (χ2n) is 4.23. The van der Waals surface area contributed by atoms with Gasteiger partial charge in [-0.2, -0.15) is 11.8 Å². The van der Waals surface area contributed by atoms with E-state index in [0.29, 0.717) is 11.1 Å². The standard InChI is InChI=1S/C11H18N4S/c1-7-6-15(4-5-16-7)11-8(2)10(12)13-9(3)14-11/h7H,4-6H2,1-3H3,(H2,12,13,14). The molecule has 1 aromatic heterocycles. The van der Waals surface area contributed by atoms with Crippen LogP contribution in [0, 0.1) is 13.8 Å². The Hall–Kier alpha value is -0.970. The largest absolute Gasteiger partial charge is 0.383 e. The van der Waals surface area contributed by atoms with Gasteiger partial charge in [0.2, 0.25) is 0 Å². The van der Waals surface area contributed by atoms with Crippen molar-refractivity contribution in [3.05, 3.63) is 11.4 Å². The van der Waals surface area contributed by atoms with Crippen molar-refractivity contribution in [2.75, 3.05) is 29.5 Å². The lowest BCUT2D eigenvalue weighted by Crippen LogP contribution is -2.37. The second-order valence-corrected chi connectivity index (χ2v) is 5.78. The zero-order valence-corrected chi connectivity index (χ0v) is 10.8. The summed E-state index contributed by atoms with van der Waals surface area (Å²) < 4.78 is 0. The molecule has 1 saturated heterocycles. The van der Waals surface area contributed by atoms with Crippen LogP contribution in [-0.2, 0) is 0 Å². The highest BCUT2D eigenvalue weighted by Crippen LogP contribution is 2.26. The summed E-state index contributed by atoms with van der Waals surface area (Å²) in [5.74, 6) is 3.53. The number of hydrogen-bond donors (Lipinski definition) is 1. The molecule has 0 aliphatic carbocycles. The monoisotopic (exact) mass is 238 g/mol. The fourth-order valence-electron chi connectivity index (χ4n) is 1.95. The van der Waals surface area contributed by atoms with Crippen molar-refractivity contribution in [2.45, 2.75) is 26.0 Å². The summed E-state index contributed by atoms with van der Waals surface area (Å²) in [6.45, 7) is 8.23. The molecule has 88 valence electrons. The van der Waals surface area contributed by atoms with E-state index in [0.717, 1.165) is 36.0 Å². The van der Waals surface area contributed by atoms with Crippen LogP contribution in [0.1, 0.15) is 18.3 Å². The van der Waals surface area contributed by atoms with Crippen LogP contribution in [0.5, 0.6) is 0 Å². The van der Waals surface area contributed by atoms with E-state index in [-0.39, 0.29) is 0 Å². The van der Waals surface area contributed by atoms with Gasteiger partial charge in [0.15, 0.2) is 0 Å². The summed E-state index contributed by atoms with van der Waals surface area (Å²) in [5.41, 5.74) is 6.88. The Morgan fingerprint density at radius 1 is 1.38 bits per heavy atom. The van der Waals surface area contributed by atoms with Crippen molar-refractivity contribution < 1.29 is 0 Å². The Morgan fingerprint density at radius 2 is 2.12 bits per heavy atom. The zero-order valence-electron chi connectivity index (χ0n) is 10.0. The van der Waals surface area contributed by atoms with Crippen LogP contribution < -0.4 is 10.6 Å². The average molecular weight is 238 g/mol. The third kappa shape index (κ3) is 2.24. The Balaban J connectivity index is 2.32. The molecule has 1 aromatic rings. The first-order valence-electron chi connectivity index (χ1n) is 5.55. The number of aromatic nitrogens is 2. The summed E-state index contributed by atoms with van der Waals surface area (Å²) in [6.07, 6.45) is 0. The van der Waals surface area contributed by atoms with E-state index < -0.39 is 0 Å². The molecule has 1 unspecified atom stereocenters. The van der Waals surface area contributed by atoms with Crippen LogP contribution in [-0.4, -0.2) is 34.1 Å². The van der Waals surface area contributed by atoms with Gasteiger partial charge in [-0.25, -0.2) is 9.97 Å². The lowest BCUT2D eigenvalue weighted by Gasteiger charge is -2.32. The minimum absolute atomic E-state index is 0.605. The van der Waals surface area contributed by atoms with Crippen LogP contribution in [0.3, 0.4) is 0 Å². The van der Waals surface area contributed by atoms with E-state index in [9.17, 15) is 0 Å². The number of nitrogens with zero attached hydrogens (tertiary/aromatic N) is 3. The summed E-state index contributed by atoms with van der Waals surface area (Å²) in [4.78, 5) is 11.0. The van der Waals surface area contributed by atoms with Crippen LogP contribution in [0.2, 0.25) is 0 Å². The molecule has 0 amide bonds. The maximum atomic E-state index is 5.88. The molecule has 0 aromatic carbocycles. The van der Waals surface area contributed by atoms with E-state index in [1.54, 1.807) is 0 Å². The quantitative estimate of drug-likeness (QED) is 0.805. The van der Waals surface area contributed by atoms with Crippen molar-refractivity contribution in [3.63, 3.8) is 0 Å². The predicted octanol–water partition coefficient (Wildman–Crippen LogP) is 1.62. The van der Waals surface area contributed by atoms with Crippen LogP contribution >= 0.6 is 11.8 Å². The second kappa shape index (κ2) is 4.49. The number of aryl methyl sites for hydroxylation is 1. The Kier molecular flexibility index (Phi) is 3.23. The third-order valence-corrected chi connectivity index (χ3v) is 3.95. The summed E-state index contributed by atoms with van der Waals surface area (Å²) in [5, 5.41) is 0.657. The maximum absolute atomic E-state index is 5.88. The van der Waals surface area contributed by atoms with E-state index in [1.807, 2.05) is 25.6 Å². The van der Waals surface area contributed by atoms with E-state index in [2.05, 4.69) is 21.8 Å². The van der Waals surface area contributed by atoms with Gasteiger partial charge in [0, 0.05) is 29.7 Å². The van der Waals surface area contributed by atoms with Crippen molar-refractivity contribution >= 4 is 23.4 Å². The lowest BCUT2D eigenvalue weighted by atomic mass is 10.2. The number of nitrogen functional groups attached to an aromatic ring is 1. The van der Waals surface area contributed by atoms with Gasteiger partial charge in [-0.3, -0.25) is 0 Å². The molecular weight excluding hydrogens is 220 g/mol. The summed E-state index contributed by atoms with van der Waals surface area (Å²) in [6, 6.07) is 0. The number of nitrogens with two attached hydrogens (primary N) is 1. The van der Waals surface area contributed by atoms with Gasteiger partial charge in [-0.05, 0) is 13.8 Å². The number of thioether (sulfide) groups is 1. The molecule has 0 radical (unpaired) electrons. The minimum Gasteiger partial charge on any atom is -0.383 e. The molecule has 2 N–H and O–H groups in total. The van der Waals surface area contributed by atoms with Gasteiger partial charge in [0.1, 0.15) is 17.5 Å². The third-order valence-electron chi connectivity index (χ3n) is 2.81. The van der Waals surface area contributed by atoms with Crippen LogP contribution in [0.15, 0.2) is 0 Å². The van der Waals surface area contributed by atoms with Crippen molar-refractivity contribution in [2.24, 2.45) is 0 Å². The number of hydrogen-bond acceptors (Lipinski definition) is 5. The van der Waals surface area contributed by atoms with Crippen molar-refractivity contribution in [1.29, 1.82) is 0 Å². The first-order valence-corrected chi connectivity index (χ1v) is 6.60. The number of rotatable bonds is 1. The fraction of sp³-hybridized carbons (Fsp3) is 0.636. The molecule has 2 rings (SSSR count). The molecule has 1 aliphatic rings. The maximum Gasteiger partial charge on any atom is 0.137 e. The molecule has 5 heteroatoms. The average Bonchev–Trinajstić information content (AvgIpc) is 2.23. The lowest BCUT2D eigenvalue weighted by molar-refractivity contribution is 0.761. The van der Waals surface area contributed by atoms with Crippen molar-refractivity contribution in [3.8, 4) is 0 Å². The van der Waals surface area contributed by atoms with Crippen LogP contribution in [0.4, 0.5) is 11.6 Å². The first-order chi connectivity index (χ1) is 7.58. The molecule has 1 fully saturated rings. The molecule has 0 bridgehead atoms. The first kappa shape index (κ1) is 11.5. The summed E-state index contributed by atoms with van der Waals surface area (Å²) >= 11 is 2.01. The topological polar surface area (TPSA) is 55.0 Å². The zero-order chi connectivity index (χ0) is 11.7. The van der Waals surface area contributed by atoms with E-state index >= 15 is 0 Å². The molecule has 0 saturated carbocycles. The van der Waals surface area contributed by atoms with E-state index in [1.165, 1.54) is 0 Å². The predicted molar refractivity (Wildman–Crippen MR) is 70.1 cm³/mol. The smallest absolute Gasteiger partial charge is 0.137 e. The molecule has 2 heterocycles. The molecular formula is C11H18N4S. The minimum atomic E-state index is 0.605. The van der Waals surface area contributed by atoms with Gasteiger partial charge in [-0.1, -0.05) is 6.92 Å². The fourth-order valence-corrected chi connectivity index (χ4v) is 2.97. The molecule has 1 atom stereocenters. The van der Waals surface area contributed by atoms with E-state index in [4.69, 9.17) is 5.73 Å². The highest BCUT2D eigenvalue weighted by Gasteiger charge is 2.20. The Labute approximate surface area is 101 Å². The van der Waals surface area contributed by atoms with Gasteiger partial charge in [-0.15, -0.1) is 0 Å². The highest BCUT2D eigenvalue weighted by molar-refractivity contribution is 8.00. The van der Waals surface area contributed by atoms with Crippen LogP contribution in [0.25, 0.3) is 0 Å².